The van der Waals surface area contributed by atoms with Crippen LogP contribution in [-0.4, -0.2) is 46.9 Å². The molecule has 2 heterocycles. The Morgan fingerprint density at radius 3 is 2.46 bits per heavy atom. The van der Waals surface area contributed by atoms with E-state index in [1.165, 1.54) is 4.90 Å². The molecule has 0 aliphatic carbocycles. The van der Waals surface area contributed by atoms with Gasteiger partial charge in [0.2, 0.25) is 0 Å². The van der Waals surface area contributed by atoms with E-state index in [2.05, 4.69) is 0 Å². The normalized spacial score (nSPS) is 28.7. The van der Waals surface area contributed by atoms with Crippen LogP contribution < -0.4 is 0 Å². The standard InChI is InChI=1S/C22H23NO5/c1-22-17(14-27-20(22)25)19(16-10-6-3-7-11-16)18(12-24)23(22)21(26)28-13-15-8-4-2-5-9-15/h2-11,17-19,24H,12-14H2,1H3/t17-,18+,19-,22+/m0/s1. The van der Waals surface area contributed by atoms with Gasteiger partial charge in [-0.15, -0.1) is 0 Å². The number of hydrogen-bond acceptors (Lipinski definition) is 5. The molecule has 2 saturated heterocycles. The van der Waals surface area contributed by atoms with Crippen molar-refractivity contribution in [2.45, 2.75) is 31.0 Å². The number of hydrogen-bond donors (Lipinski definition) is 1. The highest BCUT2D eigenvalue weighted by atomic mass is 16.6. The Morgan fingerprint density at radius 1 is 1.18 bits per heavy atom. The van der Waals surface area contributed by atoms with Crippen molar-refractivity contribution in [3.05, 3.63) is 71.8 Å². The molecule has 0 spiro atoms. The van der Waals surface area contributed by atoms with Crippen molar-refractivity contribution in [1.82, 2.24) is 4.90 Å². The lowest BCUT2D eigenvalue weighted by atomic mass is 9.78. The van der Waals surface area contributed by atoms with Crippen LogP contribution in [-0.2, 0) is 20.9 Å². The molecule has 4 atom stereocenters. The number of aliphatic hydroxyl groups excluding tert-OH is 1. The Hall–Kier alpha value is -2.86. The van der Waals surface area contributed by atoms with Crippen LogP contribution in [0.5, 0.6) is 0 Å². The lowest BCUT2D eigenvalue weighted by Gasteiger charge is -2.33. The van der Waals surface area contributed by atoms with Crippen molar-refractivity contribution in [2.24, 2.45) is 5.92 Å². The van der Waals surface area contributed by atoms with E-state index in [0.29, 0.717) is 0 Å². The second-order valence-corrected chi connectivity index (χ2v) is 7.45. The van der Waals surface area contributed by atoms with Crippen LogP contribution in [0.1, 0.15) is 24.0 Å². The van der Waals surface area contributed by atoms with Crippen molar-refractivity contribution in [3.63, 3.8) is 0 Å². The molecule has 0 saturated carbocycles. The summed E-state index contributed by atoms with van der Waals surface area (Å²) in [5.74, 6) is -0.915. The van der Waals surface area contributed by atoms with Gasteiger partial charge < -0.3 is 14.6 Å². The van der Waals surface area contributed by atoms with Crippen LogP contribution in [0.2, 0.25) is 0 Å². The van der Waals surface area contributed by atoms with Gasteiger partial charge in [-0.05, 0) is 18.1 Å². The highest BCUT2D eigenvalue weighted by Gasteiger charge is 2.66. The van der Waals surface area contributed by atoms with Gasteiger partial charge in [0, 0.05) is 11.8 Å². The fourth-order valence-corrected chi connectivity index (χ4v) is 4.57. The van der Waals surface area contributed by atoms with Crippen LogP contribution in [0, 0.1) is 5.92 Å². The molecule has 6 heteroatoms. The van der Waals surface area contributed by atoms with E-state index >= 15 is 0 Å². The predicted molar refractivity (Wildman–Crippen MR) is 101 cm³/mol. The highest BCUT2D eigenvalue weighted by molar-refractivity contribution is 5.89. The van der Waals surface area contributed by atoms with Gasteiger partial charge in [0.25, 0.3) is 0 Å². The molecule has 146 valence electrons. The van der Waals surface area contributed by atoms with Gasteiger partial charge >= 0.3 is 12.1 Å². The number of carbonyl (C=O) groups excluding carboxylic acids is 2. The summed E-state index contributed by atoms with van der Waals surface area (Å²) in [6.07, 6.45) is -0.618. The fourth-order valence-electron chi connectivity index (χ4n) is 4.57. The number of aliphatic hydroxyl groups is 1. The molecule has 28 heavy (non-hydrogen) atoms. The largest absolute Gasteiger partial charge is 0.464 e. The van der Waals surface area contributed by atoms with Crippen molar-refractivity contribution in [2.75, 3.05) is 13.2 Å². The molecule has 4 rings (SSSR count). The Kier molecular flexibility index (Phi) is 4.81. The molecule has 2 aliphatic rings. The van der Waals surface area contributed by atoms with Crippen LogP contribution in [0.25, 0.3) is 0 Å². The molecule has 2 aromatic rings. The van der Waals surface area contributed by atoms with E-state index in [-0.39, 0.29) is 31.7 Å². The number of nitrogens with zero attached hydrogens (tertiary/aromatic N) is 1. The molecule has 2 aliphatic heterocycles. The average molecular weight is 381 g/mol. The van der Waals surface area contributed by atoms with Gasteiger partial charge in [-0.1, -0.05) is 60.7 Å². The molecule has 6 nitrogen and oxygen atoms in total. The average Bonchev–Trinajstić information content (AvgIpc) is 3.17. The number of amides is 1. The van der Waals surface area contributed by atoms with Gasteiger partial charge in [-0.3, -0.25) is 4.90 Å². The van der Waals surface area contributed by atoms with Crippen molar-refractivity contribution >= 4 is 12.1 Å². The van der Waals surface area contributed by atoms with E-state index in [4.69, 9.17) is 9.47 Å². The summed E-state index contributed by atoms with van der Waals surface area (Å²) < 4.78 is 10.9. The SMILES string of the molecule is C[C@]12C(=O)OC[C@H]1[C@H](c1ccccc1)[C@@H](CO)N2C(=O)OCc1ccccc1. The smallest absolute Gasteiger partial charge is 0.411 e. The van der Waals surface area contributed by atoms with Crippen LogP contribution in [0.3, 0.4) is 0 Å². The number of esters is 1. The van der Waals surface area contributed by atoms with Crippen LogP contribution in [0.15, 0.2) is 60.7 Å². The monoisotopic (exact) mass is 381 g/mol. The van der Waals surface area contributed by atoms with Crippen LogP contribution >= 0.6 is 0 Å². The van der Waals surface area contributed by atoms with E-state index in [9.17, 15) is 14.7 Å². The number of fused-ring (bicyclic) bond motifs is 1. The van der Waals surface area contributed by atoms with Crippen molar-refractivity contribution in [3.8, 4) is 0 Å². The minimum absolute atomic E-state index is 0.0973. The molecular formula is C22H23NO5. The first-order valence-corrected chi connectivity index (χ1v) is 9.40. The lowest BCUT2D eigenvalue weighted by molar-refractivity contribution is -0.147. The van der Waals surface area contributed by atoms with Gasteiger partial charge in [-0.2, -0.15) is 0 Å². The summed E-state index contributed by atoms with van der Waals surface area (Å²) in [4.78, 5) is 27.1. The summed E-state index contributed by atoms with van der Waals surface area (Å²) in [6.45, 7) is 1.76. The summed E-state index contributed by atoms with van der Waals surface area (Å²) in [5, 5.41) is 10.2. The fraction of sp³-hybridized carbons (Fsp3) is 0.364. The summed E-state index contributed by atoms with van der Waals surface area (Å²) in [5.41, 5.74) is 0.655. The van der Waals surface area contributed by atoms with E-state index in [1.807, 2.05) is 60.7 Å². The first-order valence-electron chi connectivity index (χ1n) is 9.40. The zero-order valence-electron chi connectivity index (χ0n) is 15.7. The molecule has 1 N–H and O–H groups in total. The zero-order valence-corrected chi connectivity index (χ0v) is 15.7. The minimum atomic E-state index is -1.17. The Morgan fingerprint density at radius 2 is 1.82 bits per heavy atom. The number of carbonyl (C=O) groups is 2. The quantitative estimate of drug-likeness (QED) is 0.824. The number of ether oxygens (including phenoxy) is 2. The minimum Gasteiger partial charge on any atom is -0.464 e. The lowest BCUT2D eigenvalue weighted by Crippen LogP contribution is -2.55. The maximum Gasteiger partial charge on any atom is 0.411 e. The first kappa shape index (κ1) is 18.5. The molecule has 0 aromatic heterocycles. The van der Waals surface area contributed by atoms with Gasteiger partial charge in [0.05, 0.1) is 19.3 Å². The Bertz CT molecular complexity index is 856. The highest BCUT2D eigenvalue weighted by Crippen LogP contribution is 2.52. The molecule has 2 fully saturated rings. The third kappa shape index (κ3) is 2.85. The second-order valence-electron chi connectivity index (χ2n) is 7.45. The summed E-state index contributed by atoms with van der Waals surface area (Å²) in [6, 6.07) is 18.4. The van der Waals surface area contributed by atoms with E-state index < -0.39 is 23.6 Å². The zero-order chi connectivity index (χ0) is 19.7. The van der Waals surface area contributed by atoms with Crippen molar-refractivity contribution in [1.29, 1.82) is 0 Å². The molecular weight excluding hydrogens is 358 g/mol. The topological polar surface area (TPSA) is 76.1 Å². The molecule has 1 amide bonds. The predicted octanol–water partition coefficient (Wildman–Crippen LogP) is 2.72. The number of cyclic esters (lactones) is 1. The maximum atomic E-state index is 13.0. The molecule has 0 radical (unpaired) electrons. The van der Waals surface area contributed by atoms with Crippen molar-refractivity contribution < 1.29 is 24.2 Å². The van der Waals surface area contributed by atoms with Crippen LogP contribution in [0.4, 0.5) is 4.79 Å². The number of rotatable bonds is 4. The summed E-state index contributed by atoms with van der Waals surface area (Å²) >= 11 is 0. The number of likely N-dealkylation sites (tertiary alicyclic amines) is 1. The number of benzene rings is 2. The molecule has 0 unspecified atom stereocenters. The second kappa shape index (κ2) is 7.28. The third-order valence-corrected chi connectivity index (χ3v) is 5.98. The Labute approximate surface area is 163 Å². The Balaban J connectivity index is 1.66. The molecule has 0 bridgehead atoms. The first-order chi connectivity index (χ1) is 13.6. The van der Waals surface area contributed by atoms with Gasteiger partial charge in [-0.25, -0.2) is 9.59 Å². The van der Waals surface area contributed by atoms with E-state index in [0.717, 1.165) is 11.1 Å². The molecule has 2 aromatic carbocycles. The van der Waals surface area contributed by atoms with E-state index in [1.54, 1.807) is 6.92 Å². The van der Waals surface area contributed by atoms with Gasteiger partial charge in [0.1, 0.15) is 12.1 Å². The van der Waals surface area contributed by atoms with Gasteiger partial charge in [0.15, 0.2) is 0 Å². The summed E-state index contributed by atoms with van der Waals surface area (Å²) in [7, 11) is 0. The third-order valence-electron chi connectivity index (χ3n) is 5.98. The maximum absolute atomic E-state index is 13.0.